The van der Waals surface area contributed by atoms with Crippen molar-refractivity contribution in [3.8, 4) is 5.75 Å². The molecule has 0 radical (unpaired) electrons. The second-order valence-electron chi connectivity index (χ2n) is 8.76. The van der Waals surface area contributed by atoms with Gasteiger partial charge in [-0.05, 0) is 68.4 Å². The standard InChI is InChI=1S/C21H28N2O2/c24-20(21-12-15-9-16(13-21)11-17(10-15)14-21)22-5-6-23-7-8-25-19-4-2-1-3-18(19)23/h1-4,15-17H,5-14H2,(H,22,24). The van der Waals surface area contributed by atoms with Gasteiger partial charge in [-0.15, -0.1) is 0 Å². The van der Waals surface area contributed by atoms with Crippen LogP contribution in [0.2, 0.25) is 0 Å². The van der Waals surface area contributed by atoms with Gasteiger partial charge >= 0.3 is 0 Å². The van der Waals surface area contributed by atoms with Crippen LogP contribution in [0.1, 0.15) is 38.5 Å². The van der Waals surface area contributed by atoms with Crippen LogP contribution in [0.5, 0.6) is 5.75 Å². The smallest absolute Gasteiger partial charge is 0.226 e. The van der Waals surface area contributed by atoms with E-state index in [4.69, 9.17) is 4.74 Å². The summed E-state index contributed by atoms with van der Waals surface area (Å²) < 4.78 is 5.72. The highest BCUT2D eigenvalue weighted by molar-refractivity contribution is 5.83. The Morgan fingerprint density at radius 2 is 1.80 bits per heavy atom. The van der Waals surface area contributed by atoms with Crippen molar-refractivity contribution in [3.63, 3.8) is 0 Å². The average molecular weight is 340 g/mol. The first-order valence-corrected chi connectivity index (χ1v) is 9.97. The van der Waals surface area contributed by atoms with Gasteiger partial charge in [-0.3, -0.25) is 4.79 Å². The lowest BCUT2D eigenvalue weighted by atomic mass is 9.49. The first-order valence-electron chi connectivity index (χ1n) is 9.97. The molecular formula is C21H28N2O2. The maximum absolute atomic E-state index is 13.0. The van der Waals surface area contributed by atoms with Crippen molar-refractivity contribution in [1.82, 2.24) is 5.32 Å². The lowest BCUT2D eigenvalue weighted by Gasteiger charge is -2.55. The van der Waals surface area contributed by atoms with Crippen LogP contribution in [0.15, 0.2) is 24.3 Å². The zero-order valence-corrected chi connectivity index (χ0v) is 14.9. The topological polar surface area (TPSA) is 41.6 Å². The van der Waals surface area contributed by atoms with Gasteiger partial charge in [0.1, 0.15) is 12.4 Å². The summed E-state index contributed by atoms with van der Waals surface area (Å²) in [5.74, 6) is 3.77. The van der Waals surface area contributed by atoms with E-state index in [1.165, 1.54) is 19.3 Å². The number of ether oxygens (including phenoxy) is 1. The summed E-state index contributed by atoms with van der Waals surface area (Å²) in [7, 11) is 0. The molecule has 0 unspecified atom stereocenters. The fraction of sp³-hybridized carbons (Fsp3) is 0.667. The monoisotopic (exact) mass is 340 g/mol. The minimum atomic E-state index is -0.0301. The van der Waals surface area contributed by atoms with Crippen LogP contribution < -0.4 is 15.0 Å². The van der Waals surface area contributed by atoms with Crippen LogP contribution in [-0.2, 0) is 4.79 Å². The summed E-state index contributed by atoms with van der Waals surface area (Å²) in [5.41, 5.74) is 1.12. The average Bonchev–Trinajstić information content (AvgIpc) is 2.61. The zero-order valence-electron chi connectivity index (χ0n) is 14.9. The maximum Gasteiger partial charge on any atom is 0.226 e. The van der Waals surface area contributed by atoms with Gasteiger partial charge in [-0.25, -0.2) is 0 Å². The second kappa shape index (κ2) is 5.93. The second-order valence-corrected chi connectivity index (χ2v) is 8.76. The van der Waals surface area contributed by atoms with Gasteiger partial charge in [-0.1, -0.05) is 12.1 Å². The third-order valence-electron chi connectivity index (χ3n) is 7.01. The molecule has 134 valence electrons. The van der Waals surface area contributed by atoms with Gasteiger partial charge < -0.3 is 15.0 Å². The first-order chi connectivity index (χ1) is 12.2. The molecule has 5 aliphatic rings. The van der Waals surface area contributed by atoms with Crippen LogP contribution in [0.4, 0.5) is 5.69 Å². The number of hydrogen-bond donors (Lipinski definition) is 1. The molecule has 0 spiro atoms. The van der Waals surface area contributed by atoms with Crippen molar-refractivity contribution in [2.75, 3.05) is 31.1 Å². The molecule has 4 heteroatoms. The summed E-state index contributed by atoms with van der Waals surface area (Å²) in [6.45, 7) is 3.21. The number of nitrogens with zero attached hydrogens (tertiary/aromatic N) is 1. The fourth-order valence-corrected chi connectivity index (χ4v) is 6.34. The van der Waals surface area contributed by atoms with Gasteiger partial charge in [0.05, 0.1) is 12.2 Å². The minimum Gasteiger partial charge on any atom is -0.490 e. The SMILES string of the molecule is O=C(NCCN1CCOc2ccccc21)C12CC3CC(CC(C3)C1)C2. The van der Waals surface area contributed by atoms with Crippen LogP contribution in [0.3, 0.4) is 0 Å². The molecular weight excluding hydrogens is 312 g/mol. The number of nitrogens with one attached hydrogen (secondary N) is 1. The Kier molecular flexibility index (Phi) is 3.68. The van der Waals surface area contributed by atoms with Gasteiger partial charge in [0.25, 0.3) is 0 Å². The molecule has 4 aliphatic carbocycles. The fourth-order valence-electron chi connectivity index (χ4n) is 6.34. The van der Waals surface area contributed by atoms with Crippen molar-refractivity contribution in [2.24, 2.45) is 23.2 Å². The van der Waals surface area contributed by atoms with Crippen molar-refractivity contribution < 1.29 is 9.53 Å². The Balaban J connectivity index is 1.21. The van der Waals surface area contributed by atoms with Gasteiger partial charge in [-0.2, -0.15) is 0 Å². The normalized spacial score (nSPS) is 35.2. The molecule has 1 aromatic rings. The lowest BCUT2D eigenvalue weighted by molar-refractivity contribution is -0.146. The van der Waals surface area contributed by atoms with Crippen LogP contribution >= 0.6 is 0 Å². The van der Waals surface area contributed by atoms with Crippen LogP contribution in [0.25, 0.3) is 0 Å². The van der Waals surface area contributed by atoms with Gasteiger partial charge in [0.2, 0.25) is 5.91 Å². The highest BCUT2D eigenvalue weighted by Crippen LogP contribution is 2.60. The Labute approximate surface area is 149 Å². The predicted octanol–water partition coefficient (Wildman–Crippen LogP) is 3.22. The number of carbonyl (C=O) groups excluding carboxylic acids is 1. The van der Waals surface area contributed by atoms with E-state index in [-0.39, 0.29) is 5.41 Å². The summed E-state index contributed by atoms with van der Waals surface area (Å²) in [6.07, 6.45) is 7.59. The molecule has 1 heterocycles. The lowest BCUT2D eigenvalue weighted by Crippen LogP contribution is -2.54. The largest absolute Gasteiger partial charge is 0.490 e. The van der Waals surface area contributed by atoms with Crippen LogP contribution in [-0.4, -0.2) is 32.1 Å². The molecule has 1 amide bonds. The summed E-state index contributed by atoms with van der Waals surface area (Å²) in [4.78, 5) is 15.4. The van der Waals surface area contributed by atoms with Crippen molar-refractivity contribution >= 4 is 11.6 Å². The Morgan fingerprint density at radius 3 is 2.52 bits per heavy atom. The summed E-state index contributed by atoms with van der Waals surface area (Å²) >= 11 is 0. The Hall–Kier alpha value is -1.71. The Bertz CT molecular complexity index is 636. The Morgan fingerprint density at radius 1 is 1.12 bits per heavy atom. The molecule has 0 atom stereocenters. The molecule has 4 fully saturated rings. The molecule has 6 rings (SSSR count). The molecule has 0 saturated heterocycles. The van der Waals surface area contributed by atoms with E-state index in [9.17, 15) is 4.79 Å². The van der Waals surface area contributed by atoms with Crippen molar-refractivity contribution in [1.29, 1.82) is 0 Å². The maximum atomic E-state index is 13.0. The highest BCUT2D eigenvalue weighted by atomic mass is 16.5. The van der Waals surface area contributed by atoms with Crippen molar-refractivity contribution in [3.05, 3.63) is 24.3 Å². The van der Waals surface area contributed by atoms with E-state index in [0.717, 1.165) is 74.7 Å². The third kappa shape index (κ3) is 2.70. The molecule has 1 aromatic carbocycles. The molecule has 1 aliphatic heterocycles. The van der Waals surface area contributed by atoms with E-state index < -0.39 is 0 Å². The van der Waals surface area contributed by atoms with Crippen LogP contribution in [0, 0.1) is 23.2 Å². The molecule has 4 nitrogen and oxygen atoms in total. The van der Waals surface area contributed by atoms with E-state index in [1.54, 1.807) is 0 Å². The predicted molar refractivity (Wildman–Crippen MR) is 97.8 cm³/mol. The number of rotatable bonds is 4. The molecule has 1 N–H and O–H groups in total. The first kappa shape index (κ1) is 15.5. The molecule has 25 heavy (non-hydrogen) atoms. The number of hydrogen-bond acceptors (Lipinski definition) is 3. The van der Waals surface area contributed by atoms with E-state index in [1.807, 2.05) is 12.1 Å². The number of para-hydroxylation sites is 2. The molecule has 4 saturated carbocycles. The van der Waals surface area contributed by atoms with E-state index >= 15 is 0 Å². The molecule has 0 aromatic heterocycles. The number of amides is 1. The zero-order chi connectivity index (χ0) is 16.9. The summed E-state index contributed by atoms with van der Waals surface area (Å²) in [6, 6.07) is 8.19. The number of fused-ring (bicyclic) bond motifs is 1. The summed E-state index contributed by atoms with van der Waals surface area (Å²) in [5, 5.41) is 3.30. The third-order valence-corrected chi connectivity index (χ3v) is 7.01. The van der Waals surface area contributed by atoms with E-state index in [0.29, 0.717) is 5.91 Å². The van der Waals surface area contributed by atoms with Gasteiger partial charge in [0, 0.05) is 18.5 Å². The highest BCUT2D eigenvalue weighted by Gasteiger charge is 2.54. The number of anilines is 1. The van der Waals surface area contributed by atoms with Gasteiger partial charge in [0.15, 0.2) is 0 Å². The molecule has 4 bridgehead atoms. The minimum absolute atomic E-state index is 0.0301. The number of carbonyl (C=O) groups is 1. The number of benzene rings is 1. The quantitative estimate of drug-likeness (QED) is 0.915. The van der Waals surface area contributed by atoms with Crippen molar-refractivity contribution in [2.45, 2.75) is 38.5 Å². The van der Waals surface area contributed by atoms with E-state index in [2.05, 4.69) is 22.3 Å².